The Kier molecular flexibility index (Phi) is 8.59. The summed E-state index contributed by atoms with van der Waals surface area (Å²) in [7, 11) is 1.62. The van der Waals surface area contributed by atoms with Crippen LogP contribution in [-0.4, -0.2) is 39.2 Å². The number of halogens is 1. The maximum absolute atomic E-state index is 12.7. The van der Waals surface area contributed by atoms with Crippen molar-refractivity contribution in [3.05, 3.63) is 114 Å². The van der Waals surface area contributed by atoms with Crippen molar-refractivity contribution in [2.45, 2.75) is 12.1 Å². The summed E-state index contributed by atoms with van der Waals surface area (Å²) in [5.74, 6) is 1.25. The van der Waals surface area contributed by atoms with Gasteiger partial charge in [-0.05, 0) is 72.1 Å². The van der Waals surface area contributed by atoms with E-state index in [0.717, 1.165) is 33.7 Å². The van der Waals surface area contributed by atoms with Crippen molar-refractivity contribution < 1.29 is 9.53 Å². The summed E-state index contributed by atoms with van der Waals surface area (Å²) in [5.41, 5.74) is 8.26. The van der Waals surface area contributed by atoms with Gasteiger partial charge < -0.3 is 4.74 Å². The fraction of sp³-hybridized carbons (Fsp3) is 0.0968. The molecule has 7 nitrogen and oxygen atoms in total. The Labute approximate surface area is 241 Å². The van der Waals surface area contributed by atoms with Crippen LogP contribution < -0.4 is 10.2 Å². The predicted octanol–water partition coefficient (Wildman–Crippen LogP) is 6.90. The zero-order valence-electron chi connectivity index (χ0n) is 21.9. The largest absolute Gasteiger partial charge is 0.497 e. The lowest BCUT2D eigenvalue weighted by Crippen LogP contribution is -2.21. The highest BCUT2D eigenvalue weighted by atomic mass is 35.5. The van der Waals surface area contributed by atoms with Crippen molar-refractivity contribution in [2.75, 3.05) is 12.9 Å². The van der Waals surface area contributed by atoms with Crippen LogP contribution in [0.2, 0.25) is 5.02 Å². The average Bonchev–Trinajstić information content (AvgIpc) is 3.43. The quantitative estimate of drug-likeness (QED) is 0.119. The second-order valence-corrected chi connectivity index (χ2v) is 10.2. The van der Waals surface area contributed by atoms with Crippen molar-refractivity contribution in [2.24, 2.45) is 5.10 Å². The van der Waals surface area contributed by atoms with E-state index in [1.54, 1.807) is 19.2 Å². The van der Waals surface area contributed by atoms with Crippen LogP contribution in [0.3, 0.4) is 0 Å². The summed E-state index contributed by atoms with van der Waals surface area (Å²) < 4.78 is 7.18. The van der Waals surface area contributed by atoms with Gasteiger partial charge in [-0.3, -0.25) is 9.36 Å². The molecule has 0 aliphatic carbocycles. The van der Waals surface area contributed by atoms with Crippen LogP contribution in [0.1, 0.15) is 12.5 Å². The number of amides is 1. The van der Waals surface area contributed by atoms with Gasteiger partial charge in [0.1, 0.15) is 5.75 Å². The van der Waals surface area contributed by atoms with Gasteiger partial charge in [0.05, 0.1) is 18.6 Å². The van der Waals surface area contributed by atoms with Gasteiger partial charge in [0.15, 0.2) is 11.0 Å². The minimum atomic E-state index is -0.248. The van der Waals surface area contributed by atoms with Crippen LogP contribution in [0, 0.1) is 0 Å². The first kappa shape index (κ1) is 27.2. The van der Waals surface area contributed by atoms with E-state index in [1.807, 2.05) is 90.4 Å². The maximum Gasteiger partial charge on any atom is 0.250 e. The molecular formula is C31H26ClN5O2S. The Morgan fingerprint density at radius 3 is 2.20 bits per heavy atom. The van der Waals surface area contributed by atoms with Gasteiger partial charge >= 0.3 is 0 Å². The molecule has 200 valence electrons. The molecule has 1 heterocycles. The number of ether oxygens (including phenoxy) is 1. The normalized spacial score (nSPS) is 11.3. The molecule has 4 aromatic carbocycles. The Hall–Kier alpha value is -4.40. The summed E-state index contributed by atoms with van der Waals surface area (Å²) in [5, 5.41) is 14.3. The van der Waals surface area contributed by atoms with Gasteiger partial charge in [0.2, 0.25) is 0 Å². The van der Waals surface area contributed by atoms with E-state index >= 15 is 0 Å². The third kappa shape index (κ3) is 6.42. The van der Waals surface area contributed by atoms with E-state index in [1.165, 1.54) is 11.8 Å². The van der Waals surface area contributed by atoms with E-state index in [9.17, 15) is 4.79 Å². The highest BCUT2D eigenvalue weighted by molar-refractivity contribution is 7.99. The highest BCUT2D eigenvalue weighted by Gasteiger charge is 2.17. The second kappa shape index (κ2) is 12.6. The summed E-state index contributed by atoms with van der Waals surface area (Å²) in [6, 6.07) is 33.2. The number of aromatic nitrogens is 3. The summed E-state index contributed by atoms with van der Waals surface area (Å²) in [6.07, 6.45) is 0. The van der Waals surface area contributed by atoms with Crippen LogP contribution in [0.4, 0.5) is 0 Å². The molecule has 0 fully saturated rings. The lowest BCUT2D eigenvalue weighted by Gasteiger charge is -2.11. The number of hydrazone groups is 1. The summed E-state index contributed by atoms with van der Waals surface area (Å²) in [4.78, 5) is 12.7. The molecule has 40 heavy (non-hydrogen) atoms. The molecule has 0 aliphatic rings. The van der Waals surface area contributed by atoms with Crippen LogP contribution in [0.5, 0.6) is 5.75 Å². The molecule has 0 saturated carbocycles. The van der Waals surface area contributed by atoms with E-state index in [4.69, 9.17) is 16.3 Å². The fourth-order valence-corrected chi connectivity index (χ4v) is 4.89. The van der Waals surface area contributed by atoms with Crippen molar-refractivity contribution in [1.29, 1.82) is 0 Å². The van der Waals surface area contributed by atoms with E-state index in [-0.39, 0.29) is 11.7 Å². The summed E-state index contributed by atoms with van der Waals surface area (Å²) >= 11 is 7.40. The van der Waals surface area contributed by atoms with Crippen LogP contribution in [0.25, 0.3) is 28.2 Å². The van der Waals surface area contributed by atoms with Gasteiger partial charge in [-0.25, -0.2) is 5.43 Å². The summed E-state index contributed by atoms with van der Waals surface area (Å²) in [6.45, 7) is 1.86. The Morgan fingerprint density at radius 1 is 0.875 bits per heavy atom. The van der Waals surface area contributed by atoms with E-state index < -0.39 is 0 Å². The van der Waals surface area contributed by atoms with Gasteiger partial charge in [-0.15, -0.1) is 10.2 Å². The third-order valence-corrected chi connectivity index (χ3v) is 7.34. The molecule has 0 bridgehead atoms. The topological polar surface area (TPSA) is 81.4 Å². The SMILES string of the molecule is COc1ccc(-c2nnc(SCC(=O)N/N=C(\C)c3ccc(-c4ccccc4)cc3)n2-c2ccc(Cl)cc2)cc1. The molecule has 0 atom stereocenters. The first-order valence-corrected chi connectivity index (χ1v) is 13.9. The fourth-order valence-electron chi connectivity index (χ4n) is 4.02. The minimum Gasteiger partial charge on any atom is -0.497 e. The van der Waals surface area contributed by atoms with Gasteiger partial charge in [-0.2, -0.15) is 5.10 Å². The molecule has 0 radical (unpaired) electrons. The van der Waals surface area contributed by atoms with Gasteiger partial charge in [-0.1, -0.05) is 78.0 Å². The number of methoxy groups -OCH3 is 1. The Morgan fingerprint density at radius 2 is 1.52 bits per heavy atom. The Bertz CT molecular complexity index is 1620. The number of carbonyl (C=O) groups is 1. The smallest absolute Gasteiger partial charge is 0.250 e. The number of thioether (sulfide) groups is 1. The molecule has 0 saturated heterocycles. The van der Waals surface area contributed by atoms with Crippen LogP contribution in [-0.2, 0) is 4.79 Å². The van der Waals surface area contributed by atoms with Crippen molar-refractivity contribution in [3.8, 4) is 34.0 Å². The van der Waals surface area contributed by atoms with Gasteiger partial charge in [0.25, 0.3) is 5.91 Å². The molecule has 1 aromatic heterocycles. The van der Waals surface area contributed by atoms with Crippen LogP contribution in [0.15, 0.2) is 113 Å². The highest BCUT2D eigenvalue weighted by Crippen LogP contribution is 2.29. The first-order valence-electron chi connectivity index (χ1n) is 12.5. The maximum atomic E-state index is 12.7. The molecule has 1 N–H and O–H groups in total. The van der Waals surface area contributed by atoms with E-state index in [2.05, 4.69) is 32.9 Å². The molecule has 0 aliphatic heterocycles. The number of benzene rings is 4. The van der Waals surface area contributed by atoms with Crippen LogP contribution >= 0.6 is 23.4 Å². The molecule has 0 spiro atoms. The van der Waals surface area contributed by atoms with Crippen molar-refractivity contribution in [3.63, 3.8) is 0 Å². The first-order chi connectivity index (χ1) is 19.5. The Balaban J connectivity index is 1.28. The number of nitrogens with zero attached hydrogens (tertiary/aromatic N) is 4. The minimum absolute atomic E-state index is 0.109. The number of rotatable bonds is 9. The lowest BCUT2D eigenvalue weighted by molar-refractivity contribution is -0.118. The molecular weight excluding hydrogens is 542 g/mol. The molecule has 9 heteroatoms. The molecule has 5 rings (SSSR count). The monoisotopic (exact) mass is 567 g/mol. The predicted molar refractivity (Wildman–Crippen MR) is 161 cm³/mol. The molecule has 0 unspecified atom stereocenters. The number of carbonyl (C=O) groups excluding carboxylic acids is 1. The second-order valence-electron chi connectivity index (χ2n) is 8.81. The lowest BCUT2D eigenvalue weighted by atomic mass is 10.0. The molecule has 5 aromatic rings. The zero-order chi connectivity index (χ0) is 27.9. The third-order valence-electron chi connectivity index (χ3n) is 6.16. The van der Waals surface area contributed by atoms with E-state index in [0.29, 0.717) is 21.7 Å². The standard InChI is InChI=1S/C31H26ClN5O2S/c1-21(22-8-10-24(11-9-22)23-6-4-3-5-7-23)33-34-29(38)20-40-31-36-35-30(25-12-18-28(39-2)19-13-25)37(31)27-16-14-26(32)15-17-27/h3-19H,20H2,1-2H3,(H,34,38)/b33-21+. The molecule has 1 amide bonds. The van der Waals surface area contributed by atoms with Crippen molar-refractivity contribution >= 4 is 35.0 Å². The van der Waals surface area contributed by atoms with Crippen molar-refractivity contribution in [1.82, 2.24) is 20.2 Å². The number of hydrogen-bond acceptors (Lipinski definition) is 6. The number of nitrogens with one attached hydrogen (secondary N) is 1. The average molecular weight is 568 g/mol. The number of hydrogen-bond donors (Lipinski definition) is 1. The zero-order valence-corrected chi connectivity index (χ0v) is 23.5. The van der Waals surface area contributed by atoms with Gasteiger partial charge in [0, 0.05) is 16.3 Å².